The minimum absolute atomic E-state index is 0.382. The first-order chi connectivity index (χ1) is 15.1. The van der Waals surface area contributed by atoms with Crippen LogP contribution in [0, 0.1) is 5.92 Å². The molecule has 2 N–H and O–H groups in total. The molecular weight excluding hydrogens is 412 g/mol. The molecule has 32 heavy (non-hydrogen) atoms. The van der Waals surface area contributed by atoms with E-state index in [4.69, 9.17) is 4.74 Å². The Morgan fingerprint density at radius 1 is 1.22 bits per heavy atom. The average Bonchev–Trinajstić information content (AvgIpc) is 2.98. The number of imide groups is 1. The second-order valence-electron chi connectivity index (χ2n) is 8.82. The van der Waals surface area contributed by atoms with Crippen molar-refractivity contribution in [3.63, 3.8) is 0 Å². The number of benzene rings is 1. The molecule has 9 nitrogen and oxygen atoms in total. The number of nitrogens with zero attached hydrogens (tertiary/aromatic N) is 2. The zero-order valence-corrected chi connectivity index (χ0v) is 19.1. The lowest BCUT2D eigenvalue weighted by Gasteiger charge is -2.34. The van der Waals surface area contributed by atoms with E-state index < -0.39 is 36.1 Å². The van der Waals surface area contributed by atoms with Gasteiger partial charge in [0, 0.05) is 25.5 Å². The molecule has 1 spiro atoms. The highest BCUT2D eigenvalue weighted by Gasteiger charge is 2.52. The maximum atomic E-state index is 12.9. The van der Waals surface area contributed by atoms with Crippen LogP contribution in [0.15, 0.2) is 24.3 Å². The summed E-state index contributed by atoms with van der Waals surface area (Å²) in [6.45, 7) is 3.05. The molecule has 2 aliphatic rings. The van der Waals surface area contributed by atoms with Gasteiger partial charge in [0.2, 0.25) is 0 Å². The molecule has 9 heteroatoms. The van der Waals surface area contributed by atoms with Crippen molar-refractivity contribution in [2.75, 3.05) is 30.9 Å². The van der Waals surface area contributed by atoms with Crippen LogP contribution in [0.5, 0.6) is 0 Å². The third kappa shape index (κ3) is 5.03. The van der Waals surface area contributed by atoms with Crippen molar-refractivity contribution < 1.29 is 23.9 Å². The molecule has 0 radical (unpaired) electrons. The maximum Gasteiger partial charge on any atom is 0.327 e. The Kier molecular flexibility index (Phi) is 7.06. The lowest BCUT2D eigenvalue weighted by molar-refractivity contribution is -0.155. The molecule has 0 unspecified atom stereocenters. The molecule has 1 aliphatic carbocycles. The number of anilines is 2. The van der Waals surface area contributed by atoms with Crippen molar-refractivity contribution >= 4 is 35.2 Å². The quantitative estimate of drug-likeness (QED) is 0.494. The molecule has 1 aliphatic heterocycles. The number of ether oxygens (including phenoxy) is 1. The molecule has 1 atom stereocenters. The van der Waals surface area contributed by atoms with Crippen LogP contribution in [0.25, 0.3) is 0 Å². The third-order valence-electron chi connectivity index (χ3n) is 6.40. The number of urea groups is 1. The molecule has 3 rings (SSSR count). The summed E-state index contributed by atoms with van der Waals surface area (Å²) in [7, 11) is 3.83. The van der Waals surface area contributed by atoms with Crippen molar-refractivity contribution in [3.05, 3.63) is 24.3 Å². The van der Waals surface area contributed by atoms with E-state index in [-0.39, 0.29) is 5.91 Å². The van der Waals surface area contributed by atoms with E-state index in [0.29, 0.717) is 24.4 Å². The zero-order chi connectivity index (χ0) is 23.5. The number of nitrogens with one attached hydrogen (secondary N) is 2. The van der Waals surface area contributed by atoms with Gasteiger partial charge in [0.1, 0.15) is 12.1 Å². The van der Waals surface area contributed by atoms with Crippen LogP contribution in [0.3, 0.4) is 0 Å². The Morgan fingerprint density at radius 3 is 2.41 bits per heavy atom. The predicted molar refractivity (Wildman–Crippen MR) is 120 cm³/mol. The smallest absolute Gasteiger partial charge is 0.327 e. The van der Waals surface area contributed by atoms with Gasteiger partial charge in [-0.25, -0.2) is 4.79 Å². The van der Waals surface area contributed by atoms with E-state index in [1.165, 1.54) is 6.92 Å². The Hall–Kier alpha value is -3.10. The predicted octanol–water partition coefficient (Wildman–Crippen LogP) is 2.51. The summed E-state index contributed by atoms with van der Waals surface area (Å²) >= 11 is 0. The van der Waals surface area contributed by atoms with Gasteiger partial charge in [-0.05, 0) is 62.8 Å². The van der Waals surface area contributed by atoms with Gasteiger partial charge >= 0.3 is 12.0 Å². The van der Waals surface area contributed by atoms with E-state index in [2.05, 4.69) is 17.6 Å². The number of amides is 4. The number of carbonyl (C=O) groups excluding carboxylic acids is 4. The van der Waals surface area contributed by atoms with Gasteiger partial charge in [-0.2, -0.15) is 0 Å². The molecule has 1 aromatic carbocycles. The van der Waals surface area contributed by atoms with Crippen LogP contribution in [-0.2, 0) is 19.1 Å². The van der Waals surface area contributed by atoms with Crippen LogP contribution in [0.2, 0.25) is 0 Å². The summed E-state index contributed by atoms with van der Waals surface area (Å²) in [6, 6.07) is 6.63. The Labute approximate surface area is 188 Å². The normalized spacial score (nSPS) is 23.6. The first kappa shape index (κ1) is 23.6. The van der Waals surface area contributed by atoms with Crippen LogP contribution in [-0.4, -0.2) is 61.0 Å². The number of hydrogen-bond donors (Lipinski definition) is 2. The van der Waals surface area contributed by atoms with Gasteiger partial charge in [-0.15, -0.1) is 0 Å². The molecule has 1 saturated heterocycles. The molecular formula is C23H32N4O5. The third-order valence-corrected chi connectivity index (χ3v) is 6.40. The summed E-state index contributed by atoms with van der Waals surface area (Å²) in [4.78, 5) is 52.9. The molecule has 4 amide bonds. The Morgan fingerprint density at radius 2 is 1.84 bits per heavy atom. The van der Waals surface area contributed by atoms with Gasteiger partial charge in [0.15, 0.2) is 6.10 Å². The standard InChI is InChI=1S/C23H32N4O5/c1-5-16-10-12-23(13-11-16)21(30)27(22(31)25-23)14-19(28)32-15(2)20(29)24-17-6-8-18(9-7-17)26(3)4/h6-9,15-16H,5,10-14H2,1-4H3,(H,24,29)(H,25,31)/t15-,16?,23?/m1/s1. The summed E-state index contributed by atoms with van der Waals surface area (Å²) in [6.07, 6.45) is 2.86. The van der Waals surface area contributed by atoms with Gasteiger partial charge in [0.25, 0.3) is 11.8 Å². The van der Waals surface area contributed by atoms with Crippen molar-refractivity contribution in [3.8, 4) is 0 Å². The minimum atomic E-state index is -1.08. The lowest BCUT2D eigenvalue weighted by Crippen LogP contribution is -2.49. The highest BCUT2D eigenvalue weighted by atomic mass is 16.5. The van der Waals surface area contributed by atoms with Crippen molar-refractivity contribution in [2.45, 2.75) is 57.6 Å². The number of rotatable bonds is 7. The number of carbonyl (C=O) groups is 4. The van der Waals surface area contributed by atoms with Crippen molar-refractivity contribution in [1.82, 2.24) is 10.2 Å². The average molecular weight is 445 g/mol. The van der Waals surface area contributed by atoms with Crippen LogP contribution in [0.4, 0.5) is 16.2 Å². The monoisotopic (exact) mass is 444 g/mol. The summed E-state index contributed by atoms with van der Waals surface area (Å²) < 4.78 is 5.18. The van der Waals surface area contributed by atoms with E-state index in [0.717, 1.165) is 29.8 Å². The Balaban J connectivity index is 1.52. The zero-order valence-electron chi connectivity index (χ0n) is 19.1. The molecule has 1 aromatic rings. The second-order valence-corrected chi connectivity index (χ2v) is 8.82. The SMILES string of the molecule is CCC1CCC2(CC1)NC(=O)N(CC(=O)O[C@H](C)C(=O)Nc1ccc(N(C)C)cc1)C2=O. The molecule has 1 saturated carbocycles. The largest absolute Gasteiger partial charge is 0.451 e. The fourth-order valence-corrected chi connectivity index (χ4v) is 4.24. The van der Waals surface area contributed by atoms with Crippen LogP contribution >= 0.6 is 0 Å². The van der Waals surface area contributed by atoms with Gasteiger partial charge in [-0.3, -0.25) is 19.3 Å². The van der Waals surface area contributed by atoms with Crippen LogP contribution < -0.4 is 15.5 Å². The highest BCUT2D eigenvalue weighted by molar-refractivity contribution is 6.08. The molecule has 0 aromatic heterocycles. The summed E-state index contributed by atoms with van der Waals surface area (Å²) in [5, 5.41) is 5.47. The van der Waals surface area contributed by atoms with E-state index >= 15 is 0 Å². The summed E-state index contributed by atoms with van der Waals surface area (Å²) in [5.41, 5.74) is 0.643. The first-order valence-electron chi connectivity index (χ1n) is 11.1. The van der Waals surface area contributed by atoms with Crippen LogP contribution in [0.1, 0.15) is 46.0 Å². The van der Waals surface area contributed by atoms with Crippen molar-refractivity contribution in [1.29, 1.82) is 0 Å². The highest BCUT2D eigenvalue weighted by Crippen LogP contribution is 2.37. The molecule has 174 valence electrons. The van der Waals surface area contributed by atoms with E-state index in [9.17, 15) is 19.2 Å². The van der Waals surface area contributed by atoms with Gasteiger partial charge in [-0.1, -0.05) is 13.3 Å². The minimum Gasteiger partial charge on any atom is -0.451 e. The van der Waals surface area contributed by atoms with E-state index in [1.54, 1.807) is 12.1 Å². The lowest BCUT2D eigenvalue weighted by atomic mass is 9.75. The van der Waals surface area contributed by atoms with Crippen molar-refractivity contribution in [2.24, 2.45) is 5.92 Å². The fourth-order valence-electron chi connectivity index (χ4n) is 4.24. The fraction of sp³-hybridized carbons (Fsp3) is 0.565. The maximum absolute atomic E-state index is 12.9. The van der Waals surface area contributed by atoms with Gasteiger partial charge in [0.05, 0.1) is 0 Å². The molecule has 1 heterocycles. The number of esters is 1. The molecule has 2 fully saturated rings. The van der Waals surface area contributed by atoms with E-state index in [1.807, 2.05) is 31.1 Å². The Bertz CT molecular complexity index is 875. The topological polar surface area (TPSA) is 108 Å². The summed E-state index contributed by atoms with van der Waals surface area (Å²) in [5.74, 6) is -1.13. The molecule has 0 bridgehead atoms. The first-order valence-corrected chi connectivity index (χ1v) is 11.1. The second kappa shape index (κ2) is 9.58. The number of hydrogen-bond acceptors (Lipinski definition) is 6. The van der Waals surface area contributed by atoms with Gasteiger partial charge < -0.3 is 20.3 Å².